The maximum Gasteiger partial charge on any atom is 2.00 e. The van der Waals surface area contributed by atoms with Crippen LogP contribution in [0, 0.1) is 0 Å². The quantitative estimate of drug-likeness (QED) is 0.420. The van der Waals surface area contributed by atoms with Crippen LogP contribution in [0.1, 0.15) is 0 Å². The van der Waals surface area contributed by atoms with Crippen LogP contribution in [0.25, 0.3) is 0 Å². The van der Waals surface area contributed by atoms with Gasteiger partial charge in [-0.25, -0.2) is 0 Å². The maximum atomic E-state index is 10.7. The second-order valence-electron chi connectivity index (χ2n) is 1.47. The molecule has 0 aromatic carbocycles. The zero-order valence-electron chi connectivity index (χ0n) is 7.24. The van der Waals surface area contributed by atoms with E-state index in [9.17, 15) is 26.3 Å². The van der Waals surface area contributed by atoms with Crippen molar-refractivity contribution >= 4 is 22.0 Å². The fourth-order valence-electron chi connectivity index (χ4n) is 0.154. The summed E-state index contributed by atoms with van der Waals surface area (Å²) >= 11 is 0. The van der Waals surface area contributed by atoms with Gasteiger partial charge in [-0.15, -0.1) is 26.3 Å². The van der Waals surface area contributed by atoms with Gasteiger partial charge >= 0.3 is 32.2 Å². The largest absolute Gasteiger partial charge is 2.00 e. The number of hydrogen-bond acceptors (Lipinski definition) is 8. The molecular formula is C2F6O6S2Zn. The van der Waals surface area contributed by atoms with E-state index in [-0.39, 0.29) is 19.5 Å². The van der Waals surface area contributed by atoms with Gasteiger partial charge in [0.2, 0.25) is 0 Å². The van der Waals surface area contributed by atoms with Crippen LogP contribution in [-0.4, -0.2) is 12.7 Å². The monoisotopic (exact) mass is 362 g/mol. The Bertz CT molecular complexity index is 291. The Hall–Kier alpha value is 0.0234. The van der Waals surface area contributed by atoms with E-state index in [1.54, 1.807) is 0 Å². The topological polar surface area (TPSA) is 86.7 Å². The zero-order chi connectivity index (χ0) is 13.6. The molecule has 0 aliphatic heterocycles. The molecular weight excluding hydrogens is 364 g/mol. The Morgan fingerprint density at radius 1 is 0.647 bits per heavy atom. The molecule has 0 bridgehead atoms. The van der Waals surface area contributed by atoms with E-state index in [1.807, 2.05) is 0 Å². The third-order valence-corrected chi connectivity index (χ3v) is 0.975. The molecule has 0 aliphatic rings. The first-order valence-corrected chi connectivity index (χ1v) is 4.54. The van der Waals surface area contributed by atoms with E-state index in [0.717, 1.165) is 0 Å². The van der Waals surface area contributed by atoms with E-state index < -0.39 is 34.7 Å². The minimum absolute atomic E-state index is 0. The van der Waals surface area contributed by atoms with Gasteiger partial charge in [-0.2, -0.15) is 0 Å². The van der Waals surface area contributed by atoms with Gasteiger partial charge in [-0.05, 0) is 0 Å². The second kappa shape index (κ2) is 9.02. The van der Waals surface area contributed by atoms with Crippen LogP contribution < -0.4 is 0 Å². The van der Waals surface area contributed by atoms with Gasteiger partial charge in [-0.3, -0.25) is 0 Å². The molecule has 0 rings (SSSR count). The minimum atomic E-state index is -5.09. The van der Waals surface area contributed by atoms with Gasteiger partial charge in [0.15, 0.2) is 0 Å². The van der Waals surface area contributed by atoms with Crippen LogP contribution in [0.15, 0.2) is 0 Å². The van der Waals surface area contributed by atoms with Crippen molar-refractivity contribution in [3.05, 3.63) is 0 Å². The van der Waals surface area contributed by atoms with Crippen molar-refractivity contribution in [2.45, 2.75) is 12.7 Å². The van der Waals surface area contributed by atoms with Crippen molar-refractivity contribution in [3.63, 3.8) is 0 Å². The summed E-state index contributed by atoms with van der Waals surface area (Å²) in [6, 6.07) is 0. The summed E-state index contributed by atoms with van der Waals surface area (Å²) in [6.45, 7) is 0. The second-order valence-corrected chi connectivity index (χ2v) is 2.62. The Morgan fingerprint density at radius 2 is 0.824 bits per heavy atom. The predicted octanol–water partition coefficient (Wildman–Crippen LogP) is 1.49. The molecule has 0 spiro atoms. The van der Waals surface area contributed by atoms with Crippen molar-refractivity contribution in [3.8, 4) is 0 Å². The first kappa shape index (κ1) is 22.2. The van der Waals surface area contributed by atoms with Crippen LogP contribution in [0.4, 0.5) is 26.3 Å². The van der Waals surface area contributed by atoms with E-state index in [2.05, 4.69) is 8.37 Å². The minimum Gasteiger partial charge on any atom is -0.397 e. The van der Waals surface area contributed by atoms with Crippen molar-refractivity contribution in [2.24, 2.45) is 0 Å². The Balaban J connectivity index is -0.000000218. The molecule has 0 saturated carbocycles. The van der Waals surface area contributed by atoms with Gasteiger partial charge in [0.25, 0.3) is 0 Å². The molecule has 15 heteroatoms. The molecule has 6 nitrogen and oxygen atoms in total. The average Bonchev–Trinajstić information content (AvgIpc) is 1.72. The molecule has 17 heavy (non-hydrogen) atoms. The van der Waals surface area contributed by atoms with E-state index in [1.165, 1.54) is 0 Å². The summed E-state index contributed by atoms with van der Waals surface area (Å²) in [4.78, 5) is 0. The molecule has 0 saturated heterocycles. The van der Waals surface area contributed by atoms with Gasteiger partial charge in [0.1, 0.15) is 0 Å². The molecule has 100 valence electrons. The van der Waals surface area contributed by atoms with E-state index in [4.69, 9.17) is 16.8 Å². The fourth-order valence-corrected chi connectivity index (χ4v) is 0.463. The van der Waals surface area contributed by atoms with Crippen molar-refractivity contribution in [1.29, 1.82) is 0 Å². The number of alkyl halides is 6. The molecule has 0 aromatic heterocycles. The van der Waals surface area contributed by atoms with E-state index >= 15 is 0 Å². The van der Waals surface area contributed by atoms with Gasteiger partial charge in [0, 0.05) is 0 Å². The van der Waals surface area contributed by atoms with Crippen LogP contribution >= 0.6 is 0 Å². The van der Waals surface area contributed by atoms with Gasteiger partial charge in [-0.1, -0.05) is 0 Å². The van der Waals surface area contributed by atoms with Crippen molar-refractivity contribution in [2.75, 3.05) is 0 Å². The molecule has 0 amide bonds. The van der Waals surface area contributed by atoms with E-state index in [0.29, 0.717) is 0 Å². The molecule has 0 aromatic rings. The SMILES string of the molecule is O=[S-](=O)OC(F)(F)F.O=[S-](=O)OC(F)(F)F.[Zn+2]. The van der Waals surface area contributed by atoms with Crippen LogP contribution in [-0.2, 0) is 66.6 Å². The first-order chi connectivity index (χ1) is 6.83. The van der Waals surface area contributed by atoms with Crippen molar-refractivity contribution in [1.82, 2.24) is 0 Å². The average molecular weight is 364 g/mol. The van der Waals surface area contributed by atoms with Crippen LogP contribution in [0.5, 0.6) is 0 Å². The van der Waals surface area contributed by atoms with Gasteiger partial charge in [0.05, 0.1) is 22.0 Å². The first-order valence-electron chi connectivity index (χ1n) is 2.54. The third kappa shape index (κ3) is 31.4. The van der Waals surface area contributed by atoms with Crippen LogP contribution in [0.3, 0.4) is 0 Å². The maximum absolute atomic E-state index is 10.7. The molecule has 0 N–H and O–H groups in total. The summed E-state index contributed by atoms with van der Waals surface area (Å²) in [5.41, 5.74) is 0. The fraction of sp³-hybridized carbons (Fsp3) is 1.00. The van der Waals surface area contributed by atoms with Crippen LogP contribution in [0.2, 0.25) is 0 Å². The Labute approximate surface area is 106 Å². The summed E-state index contributed by atoms with van der Waals surface area (Å²) < 4.78 is 105. The molecule has 0 unspecified atom stereocenters. The Kier molecular flexibility index (Phi) is 11.8. The molecule has 0 fully saturated rings. The molecule has 0 heterocycles. The summed E-state index contributed by atoms with van der Waals surface area (Å²) in [7, 11) is -7.02. The Morgan fingerprint density at radius 3 is 0.824 bits per heavy atom. The summed E-state index contributed by atoms with van der Waals surface area (Å²) in [6.07, 6.45) is -10.2. The molecule has 0 radical (unpaired) electrons. The molecule has 0 atom stereocenters. The number of rotatable bonds is 2. The third-order valence-electron chi connectivity index (χ3n) is 0.325. The predicted molar refractivity (Wildman–Crippen MR) is 31.8 cm³/mol. The summed E-state index contributed by atoms with van der Waals surface area (Å²) in [5.74, 6) is 0. The smallest absolute Gasteiger partial charge is 0.397 e. The van der Waals surface area contributed by atoms with Crippen molar-refractivity contribution < 1.29 is 71.0 Å². The standard InChI is InChI=1S/2CF3O3S.Zn/c2*2-1(3,4)7-8(5)6;/q2*-1;+2. The van der Waals surface area contributed by atoms with Gasteiger partial charge < -0.3 is 25.2 Å². The normalized spacial score (nSPS) is 11.8. The molecule has 0 aliphatic carbocycles. The number of hydrogen-bond donors (Lipinski definition) is 0. The number of halogens is 6. The zero-order valence-corrected chi connectivity index (χ0v) is 11.8. The summed E-state index contributed by atoms with van der Waals surface area (Å²) in [5, 5.41) is 0.